The smallest absolute Gasteiger partial charge is 0.260 e. The zero-order chi connectivity index (χ0) is 23.1. The molecular weight excluding hydrogens is 454 g/mol. The molecule has 0 saturated heterocycles. The van der Waals surface area contributed by atoms with Crippen LogP contribution < -0.4 is 5.56 Å². The van der Waals surface area contributed by atoms with E-state index in [1.807, 2.05) is 66.9 Å². The molecule has 0 fully saturated rings. The number of nitrogens with zero attached hydrogens (tertiary/aromatic N) is 3. The lowest BCUT2D eigenvalue weighted by atomic mass is 9.91. The number of hydrogen-bond acceptors (Lipinski definition) is 4. The SMILES string of the molecule is CCC(=O)N1N=C(c2c(-c3ccccc3)c3cc(Cl)ccc3n(C)c2=O)C[C@H]1c1cccs1. The van der Waals surface area contributed by atoms with Gasteiger partial charge in [-0.25, -0.2) is 5.01 Å². The van der Waals surface area contributed by atoms with Gasteiger partial charge in [0.25, 0.3) is 5.56 Å². The van der Waals surface area contributed by atoms with Crippen LogP contribution in [-0.2, 0) is 11.8 Å². The summed E-state index contributed by atoms with van der Waals surface area (Å²) in [6.45, 7) is 1.83. The molecule has 1 aliphatic heterocycles. The van der Waals surface area contributed by atoms with Crippen molar-refractivity contribution < 1.29 is 4.79 Å². The normalized spacial score (nSPS) is 15.8. The largest absolute Gasteiger partial charge is 0.311 e. The predicted octanol–water partition coefficient (Wildman–Crippen LogP) is 6.01. The van der Waals surface area contributed by atoms with Crippen LogP contribution in [0.4, 0.5) is 0 Å². The third-order valence-electron chi connectivity index (χ3n) is 6.05. The van der Waals surface area contributed by atoms with Crippen LogP contribution in [0.15, 0.2) is 75.9 Å². The maximum Gasteiger partial charge on any atom is 0.260 e. The number of carbonyl (C=O) groups is 1. The summed E-state index contributed by atoms with van der Waals surface area (Å²) in [5, 5.41) is 9.76. The number of halogens is 1. The van der Waals surface area contributed by atoms with E-state index in [9.17, 15) is 9.59 Å². The van der Waals surface area contributed by atoms with Gasteiger partial charge in [0.15, 0.2) is 0 Å². The Hall–Kier alpha value is -3.22. The fourth-order valence-corrected chi connectivity index (χ4v) is 5.43. The van der Waals surface area contributed by atoms with E-state index in [1.165, 1.54) is 0 Å². The molecule has 1 atom stereocenters. The van der Waals surface area contributed by atoms with Crippen molar-refractivity contribution in [3.8, 4) is 11.1 Å². The second kappa shape index (κ2) is 8.61. The van der Waals surface area contributed by atoms with Crippen molar-refractivity contribution in [3.05, 3.63) is 91.9 Å². The van der Waals surface area contributed by atoms with Gasteiger partial charge in [-0.05, 0) is 35.2 Å². The average molecular weight is 476 g/mol. The highest BCUT2D eigenvalue weighted by Gasteiger charge is 2.35. The van der Waals surface area contributed by atoms with Gasteiger partial charge in [-0.3, -0.25) is 9.59 Å². The van der Waals surface area contributed by atoms with Crippen LogP contribution in [0.1, 0.15) is 36.2 Å². The van der Waals surface area contributed by atoms with E-state index in [2.05, 4.69) is 0 Å². The van der Waals surface area contributed by atoms with Gasteiger partial charge in [0, 0.05) is 40.7 Å². The van der Waals surface area contributed by atoms with Crippen LogP contribution in [0.3, 0.4) is 0 Å². The number of carbonyl (C=O) groups excluding carboxylic acids is 1. The number of amides is 1. The van der Waals surface area contributed by atoms with Crippen LogP contribution in [0.5, 0.6) is 0 Å². The van der Waals surface area contributed by atoms with Gasteiger partial charge in [-0.2, -0.15) is 5.10 Å². The van der Waals surface area contributed by atoms with Gasteiger partial charge in [0.1, 0.15) is 0 Å². The first-order valence-corrected chi connectivity index (χ1v) is 12.1. The summed E-state index contributed by atoms with van der Waals surface area (Å²) in [4.78, 5) is 27.6. The van der Waals surface area contributed by atoms with E-state index >= 15 is 0 Å². The van der Waals surface area contributed by atoms with Crippen LogP contribution in [-0.4, -0.2) is 21.2 Å². The van der Waals surface area contributed by atoms with Gasteiger partial charge in [-0.15, -0.1) is 11.3 Å². The van der Waals surface area contributed by atoms with Gasteiger partial charge >= 0.3 is 0 Å². The summed E-state index contributed by atoms with van der Waals surface area (Å²) in [6, 6.07) is 19.1. The molecule has 0 spiro atoms. The third-order valence-corrected chi connectivity index (χ3v) is 7.26. The van der Waals surface area contributed by atoms with Crippen molar-refractivity contribution in [1.29, 1.82) is 0 Å². The van der Waals surface area contributed by atoms with E-state index in [0.29, 0.717) is 29.1 Å². The summed E-state index contributed by atoms with van der Waals surface area (Å²) in [6.07, 6.45) is 0.822. The second-order valence-corrected chi connectivity index (χ2v) is 9.43. The van der Waals surface area contributed by atoms with E-state index < -0.39 is 0 Å². The van der Waals surface area contributed by atoms with Gasteiger partial charge in [0.05, 0.1) is 22.8 Å². The van der Waals surface area contributed by atoms with Crippen molar-refractivity contribution in [1.82, 2.24) is 9.58 Å². The number of benzene rings is 2. The lowest BCUT2D eigenvalue weighted by Crippen LogP contribution is -2.26. The van der Waals surface area contributed by atoms with E-state index in [-0.39, 0.29) is 17.5 Å². The molecule has 0 aliphatic carbocycles. The molecule has 0 radical (unpaired) electrons. The highest BCUT2D eigenvalue weighted by molar-refractivity contribution is 7.10. The van der Waals surface area contributed by atoms with Gasteiger partial charge < -0.3 is 4.57 Å². The molecule has 0 unspecified atom stereocenters. The Morgan fingerprint density at radius 2 is 1.91 bits per heavy atom. The molecule has 0 N–H and O–H groups in total. The Balaban J connectivity index is 1.80. The maximum atomic E-state index is 13.7. The Morgan fingerprint density at radius 3 is 2.61 bits per heavy atom. The maximum absolute atomic E-state index is 13.7. The zero-order valence-corrected chi connectivity index (χ0v) is 19.9. The van der Waals surface area contributed by atoms with Crippen LogP contribution in [0.25, 0.3) is 22.0 Å². The highest BCUT2D eigenvalue weighted by Crippen LogP contribution is 2.39. The summed E-state index contributed by atoms with van der Waals surface area (Å²) in [7, 11) is 1.76. The standard InChI is InChI=1S/C26H22ClN3O2S/c1-3-23(31)30-21(22-10-7-13-33-22)15-19(28-30)25-24(16-8-5-4-6-9-16)18-14-17(27)11-12-20(18)29(2)26(25)32/h4-14,21H,3,15H2,1-2H3/t21-/m0/s1. The van der Waals surface area contributed by atoms with E-state index in [4.69, 9.17) is 16.7 Å². The van der Waals surface area contributed by atoms with Crippen LogP contribution in [0, 0.1) is 0 Å². The van der Waals surface area contributed by atoms with E-state index in [1.54, 1.807) is 34.0 Å². The molecule has 5 nitrogen and oxygen atoms in total. The van der Waals surface area contributed by atoms with E-state index in [0.717, 1.165) is 26.9 Å². The van der Waals surface area contributed by atoms with Crippen LogP contribution in [0.2, 0.25) is 5.02 Å². The van der Waals surface area contributed by atoms with Gasteiger partial charge in [0.2, 0.25) is 5.91 Å². The van der Waals surface area contributed by atoms with Crippen LogP contribution >= 0.6 is 22.9 Å². The molecular formula is C26H22ClN3O2S. The van der Waals surface area contributed by atoms with Crippen molar-refractivity contribution in [3.63, 3.8) is 0 Å². The molecule has 2 aromatic heterocycles. The molecule has 33 heavy (non-hydrogen) atoms. The minimum absolute atomic E-state index is 0.0645. The first-order valence-electron chi connectivity index (χ1n) is 10.8. The first kappa shape index (κ1) is 21.6. The number of thiophene rings is 1. The molecule has 0 bridgehead atoms. The average Bonchev–Trinajstić information content (AvgIpc) is 3.51. The van der Waals surface area contributed by atoms with Crippen molar-refractivity contribution in [2.75, 3.05) is 0 Å². The molecule has 1 amide bonds. The lowest BCUT2D eigenvalue weighted by Gasteiger charge is -2.19. The monoisotopic (exact) mass is 475 g/mol. The Labute approximate surface area is 200 Å². The molecule has 7 heteroatoms. The third kappa shape index (κ3) is 3.69. The molecule has 166 valence electrons. The molecule has 5 rings (SSSR count). The van der Waals surface area contributed by atoms with Gasteiger partial charge in [-0.1, -0.05) is 54.9 Å². The van der Waals surface area contributed by atoms with Crippen molar-refractivity contribution in [2.24, 2.45) is 12.1 Å². The first-order chi connectivity index (χ1) is 16.0. The minimum atomic E-state index is -0.212. The second-order valence-electron chi connectivity index (χ2n) is 8.02. The molecule has 0 saturated carbocycles. The van der Waals surface area contributed by atoms with Crippen molar-refractivity contribution in [2.45, 2.75) is 25.8 Å². The number of aromatic nitrogens is 1. The predicted molar refractivity (Wildman–Crippen MR) is 135 cm³/mol. The number of fused-ring (bicyclic) bond motifs is 1. The Morgan fingerprint density at radius 1 is 1.12 bits per heavy atom. The Bertz CT molecular complexity index is 1440. The summed E-state index contributed by atoms with van der Waals surface area (Å²) in [5.41, 5.74) is 3.50. The topological polar surface area (TPSA) is 54.7 Å². The van der Waals surface area contributed by atoms with Crippen molar-refractivity contribution >= 4 is 45.5 Å². The fourth-order valence-electron chi connectivity index (χ4n) is 4.45. The highest BCUT2D eigenvalue weighted by atomic mass is 35.5. The molecule has 4 aromatic rings. The molecule has 1 aliphatic rings. The number of hydrogen-bond donors (Lipinski definition) is 0. The molecule has 3 heterocycles. The Kier molecular flexibility index (Phi) is 5.64. The summed E-state index contributed by atoms with van der Waals surface area (Å²) >= 11 is 7.98. The quantitative estimate of drug-likeness (QED) is 0.363. The lowest BCUT2D eigenvalue weighted by molar-refractivity contribution is -0.132. The number of aryl methyl sites for hydroxylation is 1. The minimum Gasteiger partial charge on any atom is -0.311 e. The number of hydrazone groups is 1. The number of rotatable bonds is 4. The fraction of sp³-hybridized carbons (Fsp3) is 0.192. The summed E-state index contributed by atoms with van der Waals surface area (Å²) in [5.74, 6) is -0.0645. The molecule has 2 aromatic carbocycles. The zero-order valence-electron chi connectivity index (χ0n) is 18.3. The summed E-state index contributed by atoms with van der Waals surface area (Å²) < 4.78 is 1.64. The number of pyridine rings is 1.